The molecule has 7 nitrogen and oxygen atoms in total. The van der Waals surface area contributed by atoms with Crippen LogP contribution in [0.2, 0.25) is 0 Å². The molecule has 30 heavy (non-hydrogen) atoms. The third kappa shape index (κ3) is 3.87. The van der Waals surface area contributed by atoms with Gasteiger partial charge in [0.25, 0.3) is 5.91 Å². The Morgan fingerprint density at radius 2 is 1.67 bits per heavy atom. The molecule has 4 bridgehead atoms. The Bertz CT molecular complexity index is 934. The minimum absolute atomic E-state index is 0.135. The average molecular weight is 435 g/mol. The maximum absolute atomic E-state index is 12.9. The normalized spacial score (nSPS) is 29.8. The van der Waals surface area contributed by atoms with Gasteiger partial charge < -0.3 is 10.1 Å². The lowest BCUT2D eigenvalue weighted by Crippen LogP contribution is -2.50. The fourth-order valence-electron chi connectivity index (χ4n) is 5.99. The van der Waals surface area contributed by atoms with Crippen molar-refractivity contribution >= 4 is 27.6 Å². The van der Waals surface area contributed by atoms with Gasteiger partial charge in [0.15, 0.2) is 6.61 Å². The Morgan fingerprint density at radius 1 is 1.10 bits per heavy atom. The molecular formula is C22H30N2O5S. The summed E-state index contributed by atoms with van der Waals surface area (Å²) in [5.74, 6) is 1.17. The molecule has 4 aliphatic carbocycles. The third-order valence-electron chi connectivity index (χ3n) is 7.04. The van der Waals surface area contributed by atoms with Crippen LogP contribution in [0.4, 0.5) is 5.69 Å². The number of nitrogens with zero attached hydrogens (tertiary/aromatic N) is 1. The van der Waals surface area contributed by atoms with Gasteiger partial charge in [-0.05, 0) is 80.9 Å². The van der Waals surface area contributed by atoms with E-state index in [-0.39, 0.29) is 17.5 Å². The molecule has 1 N–H and O–H groups in total. The van der Waals surface area contributed by atoms with Crippen molar-refractivity contribution in [2.24, 2.45) is 23.2 Å². The summed E-state index contributed by atoms with van der Waals surface area (Å²) >= 11 is 0. The van der Waals surface area contributed by atoms with E-state index in [1.54, 1.807) is 19.1 Å². The molecule has 1 amide bonds. The van der Waals surface area contributed by atoms with Crippen LogP contribution in [0.25, 0.3) is 0 Å². The molecule has 0 aromatic heterocycles. The molecule has 4 aliphatic rings. The standard InChI is InChI=1S/C22H30N2O5S/c1-14-4-5-18(9-19(14)30(27,28)24(2)3)23-20(25)13-29-21(26)22-10-15-6-16(11-22)8-17(7-15)12-22/h4-5,9,15-17H,6-8,10-13H2,1-3H3,(H,23,25). The van der Waals surface area contributed by atoms with Crippen molar-refractivity contribution in [3.05, 3.63) is 23.8 Å². The van der Waals surface area contributed by atoms with Crippen LogP contribution in [0.15, 0.2) is 23.1 Å². The Hall–Kier alpha value is -1.93. The number of nitrogens with one attached hydrogen (secondary N) is 1. The summed E-state index contributed by atoms with van der Waals surface area (Å²) < 4.78 is 31.5. The molecule has 0 radical (unpaired) electrons. The van der Waals surface area contributed by atoms with Crippen LogP contribution in [-0.4, -0.2) is 45.3 Å². The second-order valence-electron chi connectivity index (χ2n) is 9.59. The highest BCUT2D eigenvalue weighted by molar-refractivity contribution is 7.89. The first-order valence-electron chi connectivity index (χ1n) is 10.6. The number of sulfonamides is 1. The summed E-state index contributed by atoms with van der Waals surface area (Å²) in [4.78, 5) is 25.4. The number of anilines is 1. The van der Waals surface area contributed by atoms with Crippen molar-refractivity contribution in [2.75, 3.05) is 26.0 Å². The van der Waals surface area contributed by atoms with Gasteiger partial charge in [-0.25, -0.2) is 12.7 Å². The number of rotatable bonds is 6. The van der Waals surface area contributed by atoms with Gasteiger partial charge in [-0.3, -0.25) is 9.59 Å². The molecule has 0 heterocycles. The molecule has 1 aromatic carbocycles. The number of esters is 1. The lowest BCUT2D eigenvalue weighted by atomic mass is 9.49. The monoisotopic (exact) mass is 434 g/mol. The van der Waals surface area contributed by atoms with Gasteiger partial charge in [-0.15, -0.1) is 0 Å². The van der Waals surface area contributed by atoms with E-state index >= 15 is 0 Å². The van der Waals surface area contributed by atoms with Crippen molar-refractivity contribution in [3.8, 4) is 0 Å². The van der Waals surface area contributed by atoms with Crippen LogP contribution >= 0.6 is 0 Å². The Balaban J connectivity index is 1.38. The minimum atomic E-state index is -3.62. The molecule has 0 saturated heterocycles. The first kappa shape index (κ1) is 21.3. The zero-order valence-electron chi connectivity index (χ0n) is 17.8. The molecule has 1 aromatic rings. The molecule has 4 fully saturated rings. The molecule has 0 atom stereocenters. The quantitative estimate of drug-likeness (QED) is 0.695. The van der Waals surface area contributed by atoms with E-state index in [0.717, 1.165) is 23.6 Å². The Kier molecular flexibility index (Phi) is 5.43. The first-order chi connectivity index (χ1) is 14.1. The van der Waals surface area contributed by atoms with Crippen LogP contribution in [-0.2, 0) is 24.3 Å². The number of ether oxygens (including phenoxy) is 1. The predicted molar refractivity (Wildman–Crippen MR) is 112 cm³/mol. The summed E-state index contributed by atoms with van der Waals surface area (Å²) in [6.45, 7) is 1.35. The van der Waals surface area contributed by atoms with Crippen LogP contribution in [0.1, 0.15) is 44.1 Å². The second-order valence-corrected chi connectivity index (χ2v) is 11.7. The van der Waals surface area contributed by atoms with Crippen LogP contribution < -0.4 is 5.32 Å². The summed E-state index contributed by atoms with van der Waals surface area (Å²) in [6, 6.07) is 4.72. The van der Waals surface area contributed by atoms with Crippen molar-refractivity contribution in [1.29, 1.82) is 0 Å². The van der Waals surface area contributed by atoms with Gasteiger partial charge in [0.2, 0.25) is 10.0 Å². The number of benzene rings is 1. The maximum Gasteiger partial charge on any atom is 0.312 e. The Labute approximate surface area is 178 Å². The van der Waals surface area contributed by atoms with E-state index in [4.69, 9.17) is 4.74 Å². The minimum Gasteiger partial charge on any atom is -0.455 e. The second kappa shape index (κ2) is 7.64. The molecule has 8 heteroatoms. The van der Waals surface area contributed by atoms with Crippen LogP contribution in [0, 0.1) is 30.1 Å². The smallest absolute Gasteiger partial charge is 0.312 e. The van der Waals surface area contributed by atoms with Gasteiger partial charge in [-0.1, -0.05) is 6.07 Å². The lowest BCUT2D eigenvalue weighted by molar-refractivity contribution is -0.172. The molecule has 0 spiro atoms. The van der Waals surface area contributed by atoms with Gasteiger partial charge in [-0.2, -0.15) is 0 Å². The van der Waals surface area contributed by atoms with E-state index in [0.29, 0.717) is 29.0 Å². The molecule has 0 aliphatic heterocycles. The summed E-state index contributed by atoms with van der Waals surface area (Å²) in [5.41, 5.74) is 0.554. The zero-order valence-corrected chi connectivity index (χ0v) is 18.6. The highest BCUT2D eigenvalue weighted by atomic mass is 32.2. The van der Waals surface area contributed by atoms with Crippen molar-refractivity contribution in [3.63, 3.8) is 0 Å². The molecular weight excluding hydrogens is 404 g/mol. The lowest BCUT2D eigenvalue weighted by Gasteiger charge is -2.55. The maximum atomic E-state index is 12.9. The number of hydrogen-bond donors (Lipinski definition) is 1. The van der Waals surface area contributed by atoms with Gasteiger partial charge in [0.1, 0.15) is 0 Å². The number of hydrogen-bond acceptors (Lipinski definition) is 5. The topological polar surface area (TPSA) is 92.8 Å². The molecule has 5 rings (SSSR count). The van der Waals surface area contributed by atoms with E-state index in [2.05, 4.69) is 5.32 Å². The highest BCUT2D eigenvalue weighted by Gasteiger charge is 2.55. The predicted octanol–water partition coefficient (Wildman–Crippen LogP) is 2.94. The Morgan fingerprint density at radius 3 is 2.20 bits per heavy atom. The van der Waals surface area contributed by atoms with Crippen molar-refractivity contribution < 1.29 is 22.7 Å². The molecule has 164 valence electrons. The van der Waals surface area contributed by atoms with E-state index in [9.17, 15) is 18.0 Å². The largest absolute Gasteiger partial charge is 0.455 e. The summed E-state index contributed by atoms with van der Waals surface area (Å²) in [6.07, 6.45) is 6.38. The fourth-order valence-corrected chi connectivity index (χ4v) is 7.14. The van der Waals surface area contributed by atoms with Gasteiger partial charge in [0.05, 0.1) is 10.3 Å². The average Bonchev–Trinajstić information content (AvgIpc) is 2.66. The SMILES string of the molecule is Cc1ccc(NC(=O)COC(=O)C23CC4CC(CC(C4)C2)C3)cc1S(=O)(=O)N(C)C. The summed E-state index contributed by atoms with van der Waals surface area (Å²) in [7, 11) is -0.696. The van der Waals surface area contributed by atoms with Crippen molar-refractivity contribution in [1.82, 2.24) is 4.31 Å². The van der Waals surface area contributed by atoms with Crippen LogP contribution in [0.5, 0.6) is 0 Å². The van der Waals surface area contributed by atoms with Crippen LogP contribution in [0.3, 0.4) is 0 Å². The third-order valence-corrected chi connectivity index (χ3v) is 8.99. The number of carbonyl (C=O) groups excluding carboxylic acids is 2. The van der Waals surface area contributed by atoms with Gasteiger partial charge >= 0.3 is 5.97 Å². The number of carbonyl (C=O) groups is 2. The van der Waals surface area contributed by atoms with E-state index in [1.807, 2.05) is 0 Å². The molecule has 0 unspecified atom stereocenters. The number of aryl methyl sites for hydroxylation is 1. The van der Waals surface area contributed by atoms with E-state index < -0.39 is 21.3 Å². The van der Waals surface area contributed by atoms with Gasteiger partial charge in [0, 0.05) is 19.8 Å². The number of amides is 1. The van der Waals surface area contributed by atoms with E-state index in [1.165, 1.54) is 39.4 Å². The highest BCUT2D eigenvalue weighted by Crippen LogP contribution is 2.60. The van der Waals surface area contributed by atoms with Crippen molar-refractivity contribution in [2.45, 2.75) is 50.3 Å². The molecule has 4 saturated carbocycles. The summed E-state index contributed by atoms with van der Waals surface area (Å²) in [5, 5.41) is 2.65. The zero-order chi connectivity index (χ0) is 21.7. The fraction of sp³-hybridized carbons (Fsp3) is 0.636. The first-order valence-corrected chi connectivity index (χ1v) is 12.0.